The average molecular weight is 272 g/mol. The molecule has 1 N–H and O–H groups in total. The molecule has 104 valence electrons. The number of carboxylic acids is 1. The highest BCUT2D eigenvalue weighted by atomic mass is 16.5. The van der Waals surface area contributed by atoms with Crippen molar-refractivity contribution in [3.63, 3.8) is 0 Å². The molecular formula is C16H16O4. The molecule has 1 saturated heterocycles. The number of aliphatic carboxylic acids is 1. The number of carbonyl (C=O) groups excluding carboxylic acids is 1. The Hall–Kier alpha value is -2.62. The minimum atomic E-state index is -0.933. The zero-order valence-corrected chi connectivity index (χ0v) is 11.0. The number of esters is 1. The second kappa shape index (κ2) is 8.48. The van der Waals surface area contributed by atoms with Crippen LogP contribution < -0.4 is 0 Å². The van der Waals surface area contributed by atoms with Gasteiger partial charge in [0.25, 0.3) is 0 Å². The number of hydrogen-bond donors (Lipinski definition) is 1. The number of hydrogen-bond acceptors (Lipinski definition) is 3. The van der Waals surface area contributed by atoms with Crippen molar-refractivity contribution >= 4 is 18.0 Å². The highest BCUT2D eigenvalue weighted by Crippen LogP contribution is 2.08. The molecule has 0 aromatic heterocycles. The van der Waals surface area contributed by atoms with Gasteiger partial charge in [0.2, 0.25) is 0 Å². The molecule has 0 bridgehead atoms. The molecule has 0 spiro atoms. The van der Waals surface area contributed by atoms with Crippen molar-refractivity contribution in [1.82, 2.24) is 0 Å². The van der Waals surface area contributed by atoms with Crippen molar-refractivity contribution in [3.8, 4) is 0 Å². The molecule has 1 aliphatic heterocycles. The molecule has 0 atom stereocenters. The zero-order chi connectivity index (χ0) is 14.8. The Kier molecular flexibility index (Phi) is 6.54. The lowest BCUT2D eigenvalue weighted by Crippen LogP contribution is -1.91. The van der Waals surface area contributed by atoms with Crippen molar-refractivity contribution in [2.45, 2.75) is 6.42 Å². The third kappa shape index (κ3) is 6.35. The van der Waals surface area contributed by atoms with Gasteiger partial charge in [0.15, 0.2) is 0 Å². The molecule has 4 nitrogen and oxygen atoms in total. The van der Waals surface area contributed by atoms with Gasteiger partial charge in [-0.3, -0.25) is 0 Å². The SMILES string of the molecule is C=C1CCOC1=O.O=C(O)C=CC=Cc1ccccc1. The molecule has 4 heteroatoms. The molecule has 0 unspecified atom stereocenters. The molecule has 1 fully saturated rings. The predicted octanol–water partition coefficient (Wildman–Crippen LogP) is 2.83. The van der Waals surface area contributed by atoms with E-state index in [1.165, 1.54) is 6.08 Å². The lowest BCUT2D eigenvalue weighted by atomic mass is 10.2. The monoisotopic (exact) mass is 272 g/mol. The normalized spacial score (nSPS) is 14.2. The largest absolute Gasteiger partial charge is 0.478 e. The molecule has 2 rings (SSSR count). The van der Waals surface area contributed by atoms with Crippen LogP contribution in [0.2, 0.25) is 0 Å². The van der Waals surface area contributed by atoms with E-state index in [0.717, 1.165) is 11.6 Å². The van der Waals surface area contributed by atoms with E-state index in [-0.39, 0.29) is 5.97 Å². The van der Waals surface area contributed by atoms with Crippen LogP contribution >= 0.6 is 0 Å². The average Bonchev–Trinajstić information content (AvgIpc) is 2.81. The first kappa shape index (κ1) is 15.4. The van der Waals surface area contributed by atoms with Crippen molar-refractivity contribution in [1.29, 1.82) is 0 Å². The quantitative estimate of drug-likeness (QED) is 0.522. The van der Waals surface area contributed by atoms with Crippen LogP contribution in [-0.2, 0) is 14.3 Å². The van der Waals surface area contributed by atoms with E-state index in [1.807, 2.05) is 36.4 Å². The van der Waals surface area contributed by atoms with Gasteiger partial charge in [-0.1, -0.05) is 55.1 Å². The Morgan fingerprint density at radius 3 is 2.40 bits per heavy atom. The molecule has 0 aliphatic carbocycles. The lowest BCUT2D eigenvalue weighted by Gasteiger charge is -1.87. The predicted molar refractivity (Wildman–Crippen MR) is 77.0 cm³/mol. The summed E-state index contributed by atoms with van der Waals surface area (Å²) in [5, 5.41) is 8.29. The second-order valence-corrected chi connectivity index (χ2v) is 3.96. The number of benzene rings is 1. The summed E-state index contributed by atoms with van der Waals surface area (Å²) in [5.41, 5.74) is 1.65. The topological polar surface area (TPSA) is 63.6 Å². The molecule has 0 radical (unpaired) electrons. The van der Waals surface area contributed by atoms with Crippen molar-refractivity contribution in [2.75, 3.05) is 6.61 Å². The van der Waals surface area contributed by atoms with Crippen LogP contribution in [-0.4, -0.2) is 23.7 Å². The third-order valence-corrected chi connectivity index (χ3v) is 2.36. The summed E-state index contributed by atoms with van der Waals surface area (Å²) in [6, 6.07) is 9.70. The van der Waals surface area contributed by atoms with Crippen molar-refractivity contribution in [2.24, 2.45) is 0 Å². The van der Waals surface area contributed by atoms with Gasteiger partial charge in [-0.25, -0.2) is 9.59 Å². The fourth-order valence-electron chi connectivity index (χ4n) is 1.34. The molecule has 0 amide bonds. The van der Waals surface area contributed by atoms with Crippen LogP contribution in [0.5, 0.6) is 0 Å². The number of rotatable bonds is 3. The molecule has 1 heterocycles. The van der Waals surface area contributed by atoms with E-state index in [9.17, 15) is 9.59 Å². The smallest absolute Gasteiger partial charge is 0.333 e. The van der Waals surface area contributed by atoms with E-state index < -0.39 is 5.97 Å². The van der Waals surface area contributed by atoms with Crippen LogP contribution in [0, 0.1) is 0 Å². The maximum atomic E-state index is 10.3. The number of allylic oxidation sites excluding steroid dienone is 2. The standard InChI is InChI=1S/C11H10O2.C5H6O2/c12-11(13)9-5-4-8-10-6-2-1-3-7-10;1-4-2-3-7-5(4)6/h1-9H,(H,12,13);1-3H2. The van der Waals surface area contributed by atoms with E-state index in [0.29, 0.717) is 18.6 Å². The zero-order valence-electron chi connectivity index (χ0n) is 11.0. The first-order valence-corrected chi connectivity index (χ1v) is 6.07. The summed E-state index contributed by atoms with van der Waals surface area (Å²) in [4.78, 5) is 20.3. The van der Waals surface area contributed by atoms with Crippen LogP contribution in [0.25, 0.3) is 6.08 Å². The van der Waals surface area contributed by atoms with Crippen LogP contribution in [0.3, 0.4) is 0 Å². The van der Waals surface area contributed by atoms with E-state index in [1.54, 1.807) is 6.08 Å². The molecule has 1 aliphatic rings. The minimum Gasteiger partial charge on any atom is -0.478 e. The second-order valence-electron chi connectivity index (χ2n) is 3.96. The van der Waals surface area contributed by atoms with Crippen LogP contribution in [0.1, 0.15) is 12.0 Å². The minimum absolute atomic E-state index is 0.236. The van der Waals surface area contributed by atoms with Crippen LogP contribution in [0.4, 0.5) is 0 Å². The summed E-state index contributed by atoms with van der Waals surface area (Å²) >= 11 is 0. The van der Waals surface area contributed by atoms with E-state index >= 15 is 0 Å². The number of ether oxygens (including phenoxy) is 1. The Morgan fingerprint density at radius 2 is 1.95 bits per heavy atom. The van der Waals surface area contributed by atoms with Gasteiger partial charge in [0, 0.05) is 18.1 Å². The maximum absolute atomic E-state index is 10.3. The van der Waals surface area contributed by atoms with Gasteiger partial charge in [-0.15, -0.1) is 0 Å². The highest BCUT2D eigenvalue weighted by Gasteiger charge is 2.14. The molecule has 1 aromatic carbocycles. The Bertz CT molecular complexity index is 513. The van der Waals surface area contributed by atoms with Gasteiger partial charge in [-0.2, -0.15) is 0 Å². The molecule has 1 aromatic rings. The third-order valence-electron chi connectivity index (χ3n) is 2.36. The molecular weight excluding hydrogens is 256 g/mol. The van der Waals surface area contributed by atoms with Gasteiger partial charge < -0.3 is 9.84 Å². The number of cyclic esters (lactones) is 1. The van der Waals surface area contributed by atoms with E-state index in [2.05, 4.69) is 11.3 Å². The lowest BCUT2D eigenvalue weighted by molar-refractivity contribution is -0.135. The van der Waals surface area contributed by atoms with Gasteiger partial charge in [0.05, 0.1) is 6.61 Å². The van der Waals surface area contributed by atoms with Crippen molar-refractivity contribution in [3.05, 3.63) is 66.3 Å². The van der Waals surface area contributed by atoms with Crippen LogP contribution in [0.15, 0.2) is 60.7 Å². The highest BCUT2D eigenvalue weighted by molar-refractivity contribution is 5.89. The summed E-state index contributed by atoms with van der Waals surface area (Å²) in [7, 11) is 0. The number of carboxylic acid groups (broad SMARTS) is 1. The summed E-state index contributed by atoms with van der Waals surface area (Å²) in [5.74, 6) is -1.17. The molecule has 0 saturated carbocycles. The fraction of sp³-hybridized carbons (Fsp3) is 0.125. The number of carbonyl (C=O) groups is 2. The van der Waals surface area contributed by atoms with Crippen molar-refractivity contribution < 1.29 is 19.4 Å². The molecule has 20 heavy (non-hydrogen) atoms. The Morgan fingerprint density at radius 1 is 1.25 bits per heavy atom. The van der Waals surface area contributed by atoms with E-state index in [4.69, 9.17) is 5.11 Å². The summed E-state index contributed by atoms with van der Waals surface area (Å²) in [6.45, 7) is 3.99. The first-order valence-electron chi connectivity index (χ1n) is 6.07. The fourth-order valence-corrected chi connectivity index (χ4v) is 1.34. The summed E-state index contributed by atoms with van der Waals surface area (Å²) in [6.07, 6.45) is 6.84. The van der Waals surface area contributed by atoms with Gasteiger partial charge in [-0.05, 0) is 5.56 Å². The summed E-state index contributed by atoms with van der Waals surface area (Å²) < 4.78 is 4.53. The maximum Gasteiger partial charge on any atom is 0.333 e. The Balaban J connectivity index is 0.000000240. The Labute approximate surface area is 117 Å². The van der Waals surface area contributed by atoms with Gasteiger partial charge >= 0.3 is 11.9 Å². The first-order chi connectivity index (χ1) is 9.59. The van der Waals surface area contributed by atoms with Gasteiger partial charge in [0.1, 0.15) is 0 Å².